The molecule has 29 heavy (non-hydrogen) atoms. The van der Waals surface area contributed by atoms with Crippen molar-refractivity contribution in [1.82, 2.24) is 20.0 Å². The Hall–Kier alpha value is -2.50. The lowest BCUT2D eigenvalue weighted by molar-refractivity contribution is 0.312. The Bertz CT molecular complexity index is 947. The summed E-state index contributed by atoms with van der Waals surface area (Å²) >= 11 is 0. The van der Waals surface area contributed by atoms with Crippen molar-refractivity contribution < 1.29 is 4.39 Å². The predicted octanol–water partition coefficient (Wildman–Crippen LogP) is 4.25. The van der Waals surface area contributed by atoms with Crippen molar-refractivity contribution >= 4 is 0 Å². The summed E-state index contributed by atoms with van der Waals surface area (Å²) in [5.74, 6) is 0.506. The summed E-state index contributed by atoms with van der Waals surface area (Å²) in [5.41, 5.74) is 4.02. The molecular formula is C24H27FN4. The fraction of sp³-hybridized carbons (Fsp3) is 0.375. The number of benzene rings is 2. The number of hydrogen-bond acceptors (Lipinski definition) is 3. The molecule has 3 aromatic rings. The van der Waals surface area contributed by atoms with Crippen molar-refractivity contribution in [2.75, 3.05) is 19.6 Å². The normalized spacial score (nSPS) is 19.7. The van der Waals surface area contributed by atoms with Crippen molar-refractivity contribution in [3.8, 4) is 16.9 Å². The summed E-state index contributed by atoms with van der Waals surface area (Å²) in [6.07, 6.45) is 6.16. The predicted molar refractivity (Wildman–Crippen MR) is 113 cm³/mol. The third-order valence-corrected chi connectivity index (χ3v) is 6.06. The van der Waals surface area contributed by atoms with Crippen LogP contribution in [0.1, 0.15) is 24.8 Å². The first-order valence-electron chi connectivity index (χ1n) is 10.6. The van der Waals surface area contributed by atoms with Gasteiger partial charge in [0.2, 0.25) is 0 Å². The van der Waals surface area contributed by atoms with Gasteiger partial charge in [0.15, 0.2) is 0 Å². The number of aromatic nitrogens is 2. The van der Waals surface area contributed by atoms with Crippen LogP contribution in [0.4, 0.5) is 4.39 Å². The van der Waals surface area contributed by atoms with Crippen LogP contribution in [0.3, 0.4) is 0 Å². The summed E-state index contributed by atoms with van der Waals surface area (Å²) < 4.78 is 15.3. The highest BCUT2D eigenvalue weighted by molar-refractivity contribution is 5.63. The third-order valence-electron chi connectivity index (χ3n) is 6.06. The van der Waals surface area contributed by atoms with E-state index in [0.29, 0.717) is 0 Å². The van der Waals surface area contributed by atoms with Crippen LogP contribution in [0.5, 0.6) is 0 Å². The van der Waals surface area contributed by atoms with Crippen LogP contribution in [0.2, 0.25) is 0 Å². The number of rotatable bonds is 7. The first-order valence-corrected chi connectivity index (χ1v) is 10.6. The second kappa shape index (κ2) is 8.09. The minimum atomic E-state index is -0.225. The first kappa shape index (κ1) is 18.5. The van der Waals surface area contributed by atoms with Crippen LogP contribution < -0.4 is 5.32 Å². The van der Waals surface area contributed by atoms with Crippen molar-refractivity contribution in [2.24, 2.45) is 5.92 Å². The van der Waals surface area contributed by atoms with E-state index >= 15 is 0 Å². The average Bonchev–Trinajstić information content (AvgIpc) is 3.35. The molecule has 0 amide bonds. The van der Waals surface area contributed by atoms with E-state index in [1.807, 2.05) is 35.0 Å². The Labute approximate surface area is 171 Å². The van der Waals surface area contributed by atoms with Gasteiger partial charge in [0.1, 0.15) is 5.82 Å². The number of likely N-dealkylation sites (tertiary alicyclic amines) is 1. The molecule has 1 aliphatic heterocycles. The second-order valence-electron chi connectivity index (χ2n) is 8.30. The molecule has 0 radical (unpaired) electrons. The molecule has 0 bridgehead atoms. The van der Waals surface area contributed by atoms with Crippen molar-refractivity contribution in [2.45, 2.75) is 31.8 Å². The fourth-order valence-electron chi connectivity index (χ4n) is 4.31. The number of hydrogen-bond donors (Lipinski definition) is 1. The maximum absolute atomic E-state index is 13.4. The van der Waals surface area contributed by atoms with Gasteiger partial charge >= 0.3 is 0 Å². The molecule has 150 valence electrons. The number of nitrogens with zero attached hydrogens (tertiary/aromatic N) is 3. The van der Waals surface area contributed by atoms with E-state index in [2.05, 4.69) is 16.4 Å². The molecule has 2 fully saturated rings. The molecule has 5 rings (SSSR count). The molecule has 4 nitrogen and oxygen atoms in total. The Morgan fingerprint density at radius 3 is 2.55 bits per heavy atom. The van der Waals surface area contributed by atoms with Crippen LogP contribution in [0.15, 0.2) is 60.8 Å². The molecule has 1 aromatic heterocycles. The van der Waals surface area contributed by atoms with Gasteiger partial charge in [-0.1, -0.05) is 18.2 Å². The number of nitrogens with one attached hydrogen (secondary N) is 1. The number of halogens is 1. The van der Waals surface area contributed by atoms with E-state index in [1.54, 1.807) is 12.1 Å². The van der Waals surface area contributed by atoms with E-state index in [1.165, 1.54) is 44.5 Å². The highest BCUT2D eigenvalue weighted by Crippen LogP contribution is 2.31. The third kappa shape index (κ3) is 4.26. The SMILES string of the molecule is Fc1ccc(-c2nn(-c3ccccc3)cc2CNCC2CCN(C3CC3)C2)cc1. The largest absolute Gasteiger partial charge is 0.312 e. The van der Waals surface area contributed by atoms with Crippen molar-refractivity contribution in [3.63, 3.8) is 0 Å². The molecule has 5 heteroatoms. The molecule has 1 N–H and O–H groups in total. The van der Waals surface area contributed by atoms with Crippen LogP contribution in [0, 0.1) is 11.7 Å². The zero-order chi connectivity index (χ0) is 19.6. The van der Waals surface area contributed by atoms with Gasteiger partial charge in [-0.2, -0.15) is 5.10 Å². The lowest BCUT2D eigenvalue weighted by Crippen LogP contribution is -2.27. The van der Waals surface area contributed by atoms with Gasteiger partial charge in [0.05, 0.1) is 11.4 Å². The van der Waals surface area contributed by atoms with E-state index in [-0.39, 0.29) is 5.82 Å². The Balaban J connectivity index is 1.31. The zero-order valence-corrected chi connectivity index (χ0v) is 16.6. The second-order valence-corrected chi connectivity index (χ2v) is 8.30. The van der Waals surface area contributed by atoms with Crippen molar-refractivity contribution in [1.29, 1.82) is 0 Å². The van der Waals surface area contributed by atoms with Crippen molar-refractivity contribution in [3.05, 3.63) is 72.2 Å². The van der Waals surface area contributed by atoms with Gasteiger partial charge in [0.25, 0.3) is 0 Å². The van der Waals surface area contributed by atoms with E-state index in [4.69, 9.17) is 5.10 Å². The Kier molecular flexibility index (Phi) is 5.17. The molecule has 1 saturated heterocycles. The van der Waals surface area contributed by atoms with E-state index in [9.17, 15) is 4.39 Å². The van der Waals surface area contributed by atoms with E-state index < -0.39 is 0 Å². The first-order chi connectivity index (χ1) is 14.3. The smallest absolute Gasteiger partial charge is 0.123 e. The standard InChI is InChI=1S/C24H27FN4/c25-21-8-6-19(7-9-21)24-20(17-29(27-24)23-4-2-1-3-5-23)15-26-14-18-12-13-28(16-18)22-10-11-22/h1-9,17-18,22,26H,10-16H2. The fourth-order valence-corrected chi connectivity index (χ4v) is 4.31. The van der Waals surface area contributed by atoms with Gasteiger partial charge < -0.3 is 10.2 Å². The van der Waals surface area contributed by atoms with E-state index in [0.717, 1.165) is 47.6 Å². The topological polar surface area (TPSA) is 33.1 Å². The van der Waals surface area contributed by atoms with Crippen LogP contribution in [-0.2, 0) is 6.54 Å². The Morgan fingerprint density at radius 1 is 1.00 bits per heavy atom. The molecular weight excluding hydrogens is 363 g/mol. The summed E-state index contributed by atoms with van der Waals surface area (Å²) in [6, 6.07) is 17.6. The number of para-hydroxylation sites is 1. The molecule has 1 unspecified atom stereocenters. The lowest BCUT2D eigenvalue weighted by atomic mass is 10.1. The quantitative estimate of drug-likeness (QED) is 0.655. The molecule has 1 atom stereocenters. The molecule has 1 saturated carbocycles. The Morgan fingerprint density at radius 2 is 1.79 bits per heavy atom. The van der Waals surface area contributed by atoms with Gasteiger partial charge in [-0.05, 0) is 74.7 Å². The van der Waals surface area contributed by atoms with Gasteiger partial charge in [-0.3, -0.25) is 0 Å². The highest BCUT2D eigenvalue weighted by Gasteiger charge is 2.34. The lowest BCUT2D eigenvalue weighted by Gasteiger charge is -2.15. The molecule has 0 spiro atoms. The highest BCUT2D eigenvalue weighted by atomic mass is 19.1. The molecule has 1 aliphatic carbocycles. The minimum Gasteiger partial charge on any atom is -0.312 e. The van der Waals surface area contributed by atoms with Crippen LogP contribution in [-0.4, -0.2) is 40.4 Å². The van der Waals surface area contributed by atoms with Crippen LogP contribution >= 0.6 is 0 Å². The summed E-state index contributed by atoms with van der Waals surface area (Å²) in [7, 11) is 0. The maximum Gasteiger partial charge on any atom is 0.123 e. The molecule has 2 aromatic carbocycles. The maximum atomic E-state index is 13.4. The van der Waals surface area contributed by atoms with Gasteiger partial charge in [-0.25, -0.2) is 9.07 Å². The van der Waals surface area contributed by atoms with Crippen LogP contribution in [0.25, 0.3) is 16.9 Å². The zero-order valence-electron chi connectivity index (χ0n) is 16.6. The average molecular weight is 391 g/mol. The molecule has 2 heterocycles. The minimum absolute atomic E-state index is 0.225. The summed E-state index contributed by atoms with van der Waals surface area (Å²) in [4.78, 5) is 2.66. The molecule has 2 aliphatic rings. The summed E-state index contributed by atoms with van der Waals surface area (Å²) in [6.45, 7) is 4.28. The van der Waals surface area contributed by atoms with Gasteiger partial charge in [-0.15, -0.1) is 0 Å². The monoisotopic (exact) mass is 390 g/mol. The van der Waals surface area contributed by atoms with Gasteiger partial charge in [0, 0.05) is 36.5 Å². The summed E-state index contributed by atoms with van der Waals surface area (Å²) in [5, 5.41) is 8.48.